The van der Waals surface area contributed by atoms with Gasteiger partial charge in [0.2, 0.25) is 0 Å². The molecule has 1 fully saturated rings. The van der Waals surface area contributed by atoms with Gasteiger partial charge >= 0.3 is 0 Å². The monoisotopic (exact) mass is 495 g/mol. The minimum atomic E-state index is 0.613. The second-order valence-corrected chi connectivity index (χ2v) is 8.86. The quantitative estimate of drug-likeness (QED) is 0.491. The van der Waals surface area contributed by atoms with Crippen LogP contribution in [0.4, 0.5) is 0 Å². The van der Waals surface area contributed by atoms with Crippen molar-refractivity contribution < 1.29 is 9.47 Å². The largest absolute Gasteiger partial charge is 0.490 e. The minimum Gasteiger partial charge on any atom is -0.490 e. The molecular weight excluding hydrogens is 465 g/mol. The Hall–Kier alpha value is -1.73. The number of halogens is 2. The Bertz CT molecular complexity index is 905. The Morgan fingerprint density at radius 1 is 0.969 bits per heavy atom. The SMILES string of the molecule is CCOc1ccc(CCNC(=S)N2CCN(Cc3ccc(Cl)cc3Cl)CC2)cc1OCC. The fourth-order valence-electron chi connectivity index (χ4n) is 3.68. The second-order valence-electron chi connectivity index (χ2n) is 7.63. The Balaban J connectivity index is 1.43. The number of ether oxygens (including phenoxy) is 2. The van der Waals surface area contributed by atoms with Crippen LogP contribution < -0.4 is 14.8 Å². The van der Waals surface area contributed by atoms with Crippen molar-refractivity contribution in [2.75, 3.05) is 45.9 Å². The molecule has 3 rings (SSSR count). The van der Waals surface area contributed by atoms with E-state index in [1.165, 1.54) is 5.56 Å². The van der Waals surface area contributed by atoms with Gasteiger partial charge in [-0.15, -0.1) is 0 Å². The van der Waals surface area contributed by atoms with Gasteiger partial charge in [-0.3, -0.25) is 4.90 Å². The summed E-state index contributed by atoms with van der Waals surface area (Å²) in [4.78, 5) is 4.63. The van der Waals surface area contributed by atoms with Crippen molar-refractivity contribution in [3.8, 4) is 11.5 Å². The number of benzene rings is 2. The van der Waals surface area contributed by atoms with Crippen LogP contribution in [0.25, 0.3) is 0 Å². The molecule has 0 radical (unpaired) electrons. The van der Waals surface area contributed by atoms with Crippen LogP contribution in [-0.2, 0) is 13.0 Å². The van der Waals surface area contributed by atoms with E-state index in [0.29, 0.717) is 18.2 Å². The fourth-order valence-corrected chi connectivity index (χ4v) is 4.43. The van der Waals surface area contributed by atoms with Gasteiger partial charge in [-0.1, -0.05) is 35.3 Å². The first-order chi connectivity index (χ1) is 15.5. The summed E-state index contributed by atoms with van der Waals surface area (Å²) in [5.41, 5.74) is 2.30. The maximum absolute atomic E-state index is 6.32. The average molecular weight is 497 g/mol. The van der Waals surface area contributed by atoms with Gasteiger partial charge in [0.05, 0.1) is 13.2 Å². The highest BCUT2D eigenvalue weighted by Crippen LogP contribution is 2.28. The fraction of sp³-hybridized carbons (Fsp3) is 0.458. The molecule has 5 nitrogen and oxygen atoms in total. The summed E-state index contributed by atoms with van der Waals surface area (Å²) >= 11 is 17.9. The number of nitrogens with zero attached hydrogens (tertiary/aromatic N) is 2. The van der Waals surface area contributed by atoms with Gasteiger partial charge < -0.3 is 19.7 Å². The van der Waals surface area contributed by atoms with Gasteiger partial charge in [-0.2, -0.15) is 0 Å². The van der Waals surface area contributed by atoms with Crippen LogP contribution in [0.3, 0.4) is 0 Å². The summed E-state index contributed by atoms with van der Waals surface area (Å²) in [5.74, 6) is 1.59. The van der Waals surface area contributed by atoms with Crippen LogP contribution in [0.5, 0.6) is 11.5 Å². The van der Waals surface area contributed by atoms with Crippen molar-refractivity contribution in [2.24, 2.45) is 0 Å². The molecule has 1 aliphatic heterocycles. The predicted molar refractivity (Wildman–Crippen MR) is 136 cm³/mol. The van der Waals surface area contributed by atoms with Crippen molar-refractivity contribution in [1.29, 1.82) is 0 Å². The molecule has 0 aromatic heterocycles. The van der Waals surface area contributed by atoms with E-state index in [1.807, 2.05) is 32.0 Å². The second kappa shape index (κ2) is 12.5. The van der Waals surface area contributed by atoms with E-state index >= 15 is 0 Å². The Morgan fingerprint density at radius 3 is 2.38 bits per heavy atom. The summed E-state index contributed by atoms with van der Waals surface area (Å²) < 4.78 is 11.4. The highest BCUT2D eigenvalue weighted by molar-refractivity contribution is 7.80. The third kappa shape index (κ3) is 7.14. The van der Waals surface area contributed by atoms with Gasteiger partial charge in [-0.25, -0.2) is 0 Å². The molecule has 2 aromatic carbocycles. The van der Waals surface area contributed by atoms with Crippen LogP contribution >= 0.6 is 35.4 Å². The third-order valence-corrected chi connectivity index (χ3v) is 6.36. The Kier molecular flexibility index (Phi) is 9.72. The third-order valence-electron chi connectivity index (χ3n) is 5.37. The molecule has 2 aromatic rings. The molecule has 8 heteroatoms. The van der Waals surface area contributed by atoms with Crippen LogP contribution in [0.1, 0.15) is 25.0 Å². The molecule has 1 N–H and O–H groups in total. The molecule has 0 unspecified atom stereocenters. The van der Waals surface area contributed by atoms with E-state index in [2.05, 4.69) is 27.2 Å². The predicted octanol–water partition coefficient (Wildman–Crippen LogP) is 5.03. The molecule has 0 bridgehead atoms. The topological polar surface area (TPSA) is 37.0 Å². The lowest BCUT2D eigenvalue weighted by Crippen LogP contribution is -2.51. The van der Waals surface area contributed by atoms with E-state index in [9.17, 15) is 0 Å². The van der Waals surface area contributed by atoms with Crippen molar-refractivity contribution in [3.05, 3.63) is 57.6 Å². The first-order valence-electron chi connectivity index (χ1n) is 11.1. The number of nitrogens with one attached hydrogen (secondary N) is 1. The normalized spacial score (nSPS) is 14.3. The molecule has 1 aliphatic rings. The van der Waals surface area contributed by atoms with Crippen LogP contribution in [0.15, 0.2) is 36.4 Å². The molecule has 0 aliphatic carbocycles. The highest BCUT2D eigenvalue weighted by Gasteiger charge is 2.19. The number of rotatable bonds is 9. The molecule has 32 heavy (non-hydrogen) atoms. The van der Waals surface area contributed by atoms with E-state index in [4.69, 9.17) is 44.9 Å². The van der Waals surface area contributed by atoms with E-state index in [-0.39, 0.29) is 0 Å². The average Bonchev–Trinajstić information content (AvgIpc) is 2.78. The van der Waals surface area contributed by atoms with Gasteiger partial charge in [0, 0.05) is 49.3 Å². The number of piperazine rings is 1. The molecule has 1 heterocycles. The van der Waals surface area contributed by atoms with Crippen molar-refractivity contribution >= 4 is 40.5 Å². The maximum atomic E-state index is 6.32. The van der Waals surface area contributed by atoms with Gasteiger partial charge in [-0.05, 0) is 67.9 Å². The Morgan fingerprint density at radius 2 is 1.69 bits per heavy atom. The molecule has 0 saturated carbocycles. The lowest BCUT2D eigenvalue weighted by molar-refractivity contribution is 0.174. The smallest absolute Gasteiger partial charge is 0.169 e. The number of hydrogen-bond acceptors (Lipinski definition) is 4. The zero-order chi connectivity index (χ0) is 22.9. The van der Waals surface area contributed by atoms with Crippen molar-refractivity contribution in [2.45, 2.75) is 26.8 Å². The first-order valence-corrected chi connectivity index (χ1v) is 12.2. The summed E-state index contributed by atoms with van der Waals surface area (Å²) in [5, 5.41) is 5.60. The number of thiocarbonyl (C=S) groups is 1. The van der Waals surface area contributed by atoms with Gasteiger partial charge in [0.1, 0.15) is 0 Å². The van der Waals surface area contributed by atoms with Gasteiger partial charge in [0.15, 0.2) is 16.6 Å². The minimum absolute atomic E-state index is 0.613. The van der Waals surface area contributed by atoms with E-state index < -0.39 is 0 Å². The molecule has 0 spiro atoms. The lowest BCUT2D eigenvalue weighted by Gasteiger charge is -2.36. The number of hydrogen-bond donors (Lipinski definition) is 1. The maximum Gasteiger partial charge on any atom is 0.169 e. The molecule has 0 amide bonds. The van der Waals surface area contributed by atoms with Gasteiger partial charge in [0.25, 0.3) is 0 Å². The first kappa shape index (κ1) is 24.9. The molecule has 1 saturated heterocycles. The summed E-state index contributed by atoms with van der Waals surface area (Å²) in [7, 11) is 0. The molecule has 174 valence electrons. The van der Waals surface area contributed by atoms with Crippen molar-refractivity contribution in [3.63, 3.8) is 0 Å². The highest BCUT2D eigenvalue weighted by atomic mass is 35.5. The van der Waals surface area contributed by atoms with E-state index in [0.717, 1.165) is 72.9 Å². The summed E-state index contributed by atoms with van der Waals surface area (Å²) in [6, 6.07) is 11.8. The molecule has 0 atom stereocenters. The summed E-state index contributed by atoms with van der Waals surface area (Å²) in [6.07, 6.45) is 0.863. The van der Waals surface area contributed by atoms with Crippen LogP contribution in [-0.4, -0.2) is 60.8 Å². The van der Waals surface area contributed by atoms with Crippen LogP contribution in [0.2, 0.25) is 10.0 Å². The standard InChI is InChI=1S/C24H31Cl2N3O2S/c1-3-30-22-8-5-18(15-23(22)31-4-2)9-10-27-24(32)29-13-11-28(12-14-29)17-19-6-7-20(25)16-21(19)26/h5-8,15-16H,3-4,9-14,17H2,1-2H3,(H,27,32). The van der Waals surface area contributed by atoms with Crippen LogP contribution in [0, 0.1) is 0 Å². The molecular formula is C24H31Cl2N3O2S. The van der Waals surface area contributed by atoms with Crippen molar-refractivity contribution in [1.82, 2.24) is 15.1 Å². The zero-order valence-corrected chi connectivity index (χ0v) is 21.0. The lowest BCUT2D eigenvalue weighted by atomic mass is 10.1. The Labute approximate surface area is 206 Å². The summed E-state index contributed by atoms with van der Waals surface area (Å²) in [6.45, 7) is 10.5. The van der Waals surface area contributed by atoms with E-state index in [1.54, 1.807) is 6.07 Å². The zero-order valence-electron chi connectivity index (χ0n) is 18.7.